The lowest BCUT2D eigenvalue weighted by Crippen LogP contribution is -2.58. The van der Waals surface area contributed by atoms with Gasteiger partial charge in [0.05, 0.1) is 25.4 Å². The number of benzene rings is 1. The van der Waals surface area contributed by atoms with Crippen LogP contribution in [0.3, 0.4) is 0 Å². The fraction of sp³-hybridized carbons (Fsp3) is 0.776. The van der Waals surface area contributed by atoms with Crippen molar-refractivity contribution in [2.24, 2.45) is 35.5 Å². The van der Waals surface area contributed by atoms with Gasteiger partial charge in [-0.05, 0) is 101 Å². The number of amides is 5. The van der Waals surface area contributed by atoms with E-state index in [1.54, 1.807) is 11.9 Å². The van der Waals surface area contributed by atoms with Crippen LogP contribution in [-0.4, -0.2) is 178 Å². The zero-order valence-electron chi connectivity index (χ0n) is 49.6. The summed E-state index contributed by atoms with van der Waals surface area (Å²) in [4.78, 5) is 99.3. The lowest BCUT2D eigenvalue weighted by atomic mass is 9.84. The molecule has 0 radical (unpaired) electrons. The molecule has 1 saturated heterocycles. The van der Waals surface area contributed by atoms with Crippen LogP contribution in [0.25, 0.3) is 0 Å². The monoisotopic (exact) mass is 1090 g/mol. The first-order valence-electron chi connectivity index (χ1n) is 28.4. The molecule has 0 aromatic heterocycles. The summed E-state index contributed by atoms with van der Waals surface area (Å²) < 4.78 is 21.3. The van der Waals surface area contributed by atoms with Crippen LogP contribution >= 0.6 is 0 Å². The second-order valence-corrected chi connectivity index (χ2v) is 22.3. The Labute approximate surface area is 461 Å². The van der Waals surface area contributed by atoms with Crippen LogP contribution in [0.15, 0.2) is 30.3 Å². The molecule has 19 nitrogen and oxygen atoms in total. The van der Waals surface area contributed by atoms with E-state index in [0.717, 1.165) is 24.8 Å². The molecule has 0 saturated carbocycles. The molecule has 0 bridgehead atoms. The maximum Gasteiger partial charge on any atom is 0.328 e. The number of nitrogens with one attached hydrogen (secondary N) is 4. The van der Waals surface area contributed by atoms with Gasteiger partial charge in [-0.1, -0.05) is 106 Å². The third kappa shape index (κ3) is 23.3. The number of likely N-dealkylation sites (N-methyl/N-ethyl adjacent to an activating group) is 2. The predicted molar refractivity (Wildman–Crippen MR) is 298 cm³/mol. The SMILES string of the molecule is CCC(CO)OC(COC(=O)CCCC(=O)N[C@@H](C)C(=O)OCCCNC[C@H](Cc1ccccc1)NC(=O)[C@H](C)C(C)[C@@H]1CCCN1C(=O)C[C@@H](C)[C@H]([C@@H](C)CC)N(C)C(=O)[C@@H](NC(=O)[C@H](C(C)C)N(C)C)C(C)C)OC. The fourth-order valence-electron chi connectivity index (χ4n) is 10.4. The number of carbonyl (C=O) groups is 7. The van der Waals surface area contributed by atoms with Gasteiger partial charge >= 0.3 is 11.9 Å². The number of likely N-dealkylation sites (tertiary alicyclic amines) is 1. The Morgan fingerprint density at radius 1 is 0.805 bits per heavy atom. The summed E-state index contributed by atoms with van der Waals surface area (Å²) in [5.41, 5.74) is 1.06. The van der Waals surface area contributed by atoms with Gasteiger partial charge in [-0.25, -0.2) is 4.79 Å². The van der Waals surface area contributed by atoms with Crippen molar-refractivity contribution in [3.8, 4) is 0 Å². The fourth-order valence-corrected chi connectivity index (χ4v) is 10.4. The number of nitrogens with zero attached hydrogens (tertiary/aromatic N) is 3. The minimum Gasteiger partial charge on any atom is -0.464 e. The van der Waals surface area contributed by atoms with Crippen molar-refractivity contribution in [1.82, 2.24) is 36.0 Å². The van der Waals surface area contributed by atoms with Crippen LogP contribution in [-0.2, 0) is 58.9 Å². The average molecular weight is 1090 g/mol. The van der Waals surface area contributed by atoms with E-state index < -0.39 is 48.2 Å². The lowest BCUT2D eigenvalue weighted by molar-refractivity contribution is -0.194. The number of rotatable bonds is 37. The van der Waals surface area contributed by atoms with Crippen LogP contribution < -0.4 is 21.3 Å². The maximum absolute atomic E-state index is 14.4. The third-order valence-corrected chi connectivity index (χ3v) is 15.2. The number of aliphatic hydroxyl groups is 1. The van der Waals surface area contributed by atoms with Crippen molar-refractivity contribution >= 4 is 41.5 Å². The van der Waals surface area contributed by atoms with E-state index in [-0.39, 0.29) is 123 Å². The summed E-state index contributed by atoms with van der Waals surface area (Å²) in [6.45, 7) is 22.8. The predicted octanol–water partition coefficient (Wildman–Crippen LogP) is 5.10. The number of esters is 2. The van der Waals surface area contributed by atoms with Crippen molar-refractivity contribution in [2.75, 3.05) is 67.7 Å². The Morgan fingerprint density at radius 3 is 2.06 bits per heavy atom. The van der Waals surface area contributed by atoms with Crippen molar-refractivity contribution in [3.05, 3.63) is 35.9 Å². The lowest BCUT2D eigenvalue weighted by Gasteiger charge is -2.40. The average Bonchev–Trinajstić information content (AvgIpc) is 3.88. The Morgan fingerprint density at radius 2 is 1.48 bits per heavy atom. The third-order valence-electron chi connectivity index (χ3n) is 15.2. The molecule has 1 fully saturated rings. The second kappa shape index (κ2) is 35.7. The summed E-state index contributed by atoms with van der Waals surface area (Å²) in [5.74, 6) is -2.68. The number of ether oxygens (including phenoxy) is 4. The van der Waals surface area contributed by atoms with Gasteiger partial charge in [-0.2, -0.15) is 0 Å². The molecule has 1 heterocycles. The topological polar surface area (TPSA) is 234 Å². The quantitative estimate of drug-likeness (QED) is 0.0332. The molecule has 5 N–H and O–H groups in total. The highest BCUT2D eigenvalue weighted by Crippen LogP contribution is 2.32. The summed E-state index contributed by atoms with van der Waals surface area (Å²) in [6, 6.07) is 7.28. The molecule has 77 heavy (non-hydrogen) atoms. The first-order chi connectivity index (χ1) is 36.4. The van der Waals surface area contributed by atoms with Gasteiger partial charge in [-0.3, -0.25) is 33.7 Å². The van der Waals surface area contributed by atoms with E-state index in [0.29, 0.717) is 38.9 Å². The van der Waals surface area contributed by atoms with Crippen molar-refractivity contribution < 1.29 is 57.6 Å². The molecule has 1 aliphatic heterocycles. The normalized spacial score (nSPS) is 18.0. The van der Waals surface area contributed by atoms with E-state index in [1.165, 1.54) is 14.0 Å². The summed E-state index contributed by atoms with van der Waals surface area (Å²) in [6.07, 6.45) is 3.24. The molecule has 19 heteroatoms. The minimum atomic E-state index is -0.893. The highest BCUT2D eigenvalue weighted by Gasteiger charge is 2.41. The summed E-state index contributed by atoms with van der Waals surface area (Å²) in [7, 11) is 6.94. The molecule has 12 atom stereocenters. The van der Waals surface area contributed by atoms with Gasteiger partial charge in [0.15, 0.2) is 6.29 Å². The van der Waals surface area contributed by atoms with Crippen LogP contribution in [0, 0.1) is 35.5 Å². The summed E-state index contributed by atoms with van der Waals surface area (Å²) >= 11 is 0. The van der Waals surface area contributed by atoms with Gasteiger partial charge in [0, 0.05) is 70.6 Å². The zero-order chi connectivity index (χ0) is 57.9. The second-order valence-electron chi connectivity index (χ2n) is 22.3. The van der Waals surface area contributed by atoms with Gasteiger partial charge in [0.1, 0.15) is 18.7 Å². The largest absolute Gasteiger partial charge is 0.464 e. The number of carbonyl (C=O) groups excluding carboxylic acids is 7. The maximum atomic E-state index is 14.4. The molecule has 5 amide bonds. The first-order valence-corrected chi connectivity index (χ1v) is 28.4. The molecular weight excluding hydrogens is 987 g/mol. The smallest absolute Gasteiger partial charge is 0.328 e. The molecule has 1 aromatic rings. The van der Waals surface area contributed by atoms with E-state index in [4.69, 9.17) is 18.9 Å². The van der Waals surface area contributed by atoms with Gasteiger partial charge in [0.25, 0.3) is 0 Å². The first kappa shape index (κ1) is 68.4. The molecular formula is C58H101N7O12. The highest BCUT2D eigenvalue weighted by molar-refractivity contribution is 5.90. The van der Waals surface area contributed by atoms with Crippen LogP contribution in [0.5, 0.6) is 0 Å². The van der Waals surface area contributed by atoms with E-state index in [9.17, 15) is 38.7 Å². The Balaban J connectivity index is 1.97. The number of hydrogen-bond acceptors (Lipinski definition) is 14. The zero-order valence-corrected chi connectivity index (χ0v) is 49.6. The number of aliphatic hydroxyl groups excluding tert-OH is 1. The molecule has 2 rings (SSSR count). The van der Waals surface area contributed by atoms with Crippen LogP contribution in [0.4, 0.5) is 0 Å². The molecule has 1 aromatic carbocycles. The molecule has 0 aliphatic carbocycles. The molecule has 1 aliphatic rings. The Kier molecular flexibility index (Phi) is 31.8. The van der Waals surface area contributed by atoms with Crippen LogP contribution in [0.2, 0.25) is 0 Å². The Bertz CT molecular complexity index is 1930. The minimum absolute atomic E-state index is 0.00357. The number of methoxy groups -OCH3 is 1. The Hall–Kier alpha value is -4.69. The number of hydrogen-bond donors (Lipinski definition) is 5. The molecule has 440 valence electrons. The molecule has 3 unspecified atom stereocenters. The highest BCUT2D eigenvalue weighted by atomic mass is 16.7. The van der Waals surface area contributed by atoms with Gasteiger partial charge < -0.3 is 55.1 Å². The van der Waals surface area contributed by atoms with Crippen molar-refractivity contribution in [1.29, 1.82) is 0 Å². The van der Waals surface area contributed by atoms with Gasteiger partial charge in [-0.15, -0.1) is 0 Å². The van der Waals surface area contributed by atoms with Crippen molar-refractivity contribution in [3.63, 3.8) is 0 Å². The van der Waals surface area contributed by atoms with Crippen molar-refractivity contribution in [2.45, 2.75) is 189 Å². The van der Waals surface area contributed by atoms with E-state index in [2.05, 4.69) is 42.0 Å². The standard InChI is InChI=1S/C58H101N7O12/c1-16-39(7)54(64(14)57(72)52(37(3)4)62-56(71)53(38(5)6)63(12)13)40(8)32-49(68)65-30-22-26-47(65)41(9)42(10)55(70)61-45(33-44-24-19-18-20-25-44)34-59-29-23-31-75-58(73)43(11)60-48(67)27-21-28-50(69)76-36-51(74-15)77-46(17-2)35-66/h18-20,24-25,37-43,45-47,51-54,59,66H,16-17,21-23,26-36H2,1-15H3,(H,60,67)(H,61,70)(H,62,71)/t39-,40+,41?,42+,43-,45-,46?,47-,51?,52-,53-,54-/m0/s1. The summed E-state index contributed by atoms with van der Waals surface area (Å²) in [5, 5.41) is 21.7. The van der Waals surface area contributed by atoms with Gasteiger partial charge in [0.2, 0.25) is 29.5 Å². The van der Waals surface area contributed by atoms with E-state index >= 15 is 0 Å². The van der Waals surface area contributed by atoms with E-state index in [1.807, 2.05) is 103 Å². The van der Waals surface area contributed by atoms with Crippen LogP contribution in [0.1, 0.15) is 140 Å². The molecule has 0 spiro atoms.